The van der Waals surface area contributed by atoms with Crippen LogP contribution in [-0.2, 0) is 4.79 Å². The first-order chi connectivity index (χ1) is 7.81. The highest BCUT2D eigenvalue weighted by Crippen LogP contribution is 2.21. The van der Waals surface area contributed by atoms with Gasteiger partial charge in [-0.1, -0.05) is 13.3 Å². The Hall–Kier alpha value is -0.220. The van der Waals surface area contributed by atoms with Crippen molar-refractivity contribution in [1.82, 2.24) is 10.2 Å². The average Bonchev–Trinajstić information content (AvgIpc) is 2.73. The summed E-state index contributed by atoms with van der Waals surface area (Å²) in [6, 6.07) is 0.0863. The van der Waals surface area contributed by atoms with Gasteiger partial charge >= 0.3 is 0 Å². The van der Waals surface area contributed by atoms with Gasteiger partial charge < -0.3 is 4.90 Å². The number of hydrogen-bond acceptors (Lipinski definition) is 3. The topological polar surface area (TPSA) is 32.3 Å². The van der Waals surface area contributed by atoms with Crippen molar-refractivity contribution >= 4 is 17.7 Å². The summed E-state index contributed by atoms with van der Waals surface area (Å²) in [6.07, 6.45) is 4.94. The molecule has 2 unspecified atom stereocenters. The van der Waals surface area contributed by atoms with Crippen molar-refractivity contribution in [2.24, 2.45) is 5.92 Å². The number of carbonyl (C=O) groups excluding carboxylic acids is 1. The van der Waals surface area contributed by atoms with Gasteiger partial charge in [-0.2, -0.15) is 0 Å². The van der Waals surface area contributed by atoms with E-state index >= 15 is 0 Å². The number of likely N-dealkylation sites (tertiary alicyclic amines) is 1. The lowest BCUT2D eigenvalue weighted by atomic mass is 9.98. The molecule has 2 heterocycles. The number of amides is 1. The summed E-state index contributed by atoms with van der Waals surface area (Å²) in [5.41, 5.74) is 0. The summed E-state index contributed by atoms with van der Waals surface area (Å²) < 4.78 is 0. The number of nitrogens with one attached hydrogen (secondary N) is 1. The van der Waals surface area contributed by atoms with E-state index in [1.165, 1.54) is 25.7 Å². The molecular weight excluding hydrogens is 220 g/mol. The van der Waals surface area contributed by atoms with Crippen LogP contribution in [-0.4, -0.2) is 41.6 Å². The van der Waals surface area contributed by atoms with Gasteiger partial charge in [-0.05, 0) is 25.2 Å². The Balaban J connectivity index is 1.86. The Morgan fingerprint density at radius 1 is 1.44 bits per heavy atom. The van der Waals surface area contributed by atoms with Crippen LogP contribution < -0.4 is 5.32 Å². The second-order valence-electron chi connectivity index (χ2n) is 4.80. The highest BCUT2D eigenvalue weighted by molar-refractivity contribution is 7.99. The van der Waals surface area contributed by atoms with Gasteiger partial charge in [-0.15, -0.1) is 11.8 Å². The van der Waals surface area contributed by atoms with E-state index in [-0.39, 0.29) is 6.04 Å². The Kier molecular flexibility index (Phi) is 4.53. The second kappa shape index (κ2) is 5.92. The van der Waals surface area contributed by atoms with Crippen LogP contribution in [0.3, 0.4) is 0 Å². The number of nitrogens with zero attached hydrogens (tertiary/aromatic N) is 1. The molecule has 16 heavy (non-hydrogen) atoms. The minimum absolute atomic E-state index is 0.0863. The summed E-state index contributed by atoms with van der Waals surface area (Å²) in [7, 11) is 0. The minimum atomic E-state index is 0.0863. The third kappa shape index (κ3) is 2.92. The molecule has 1 amide bonds. The summed E-state index contributed by atoms with van der Waals surface area (Å²) in [6.45, 7) is 4.20. The zero-order valence-corrected chi connectivity index (χ0v) is 10.9. The van der Waals surface area contributed by atoms with Gasteiger partial charge in [0, 0.05) is 24.7 Å². The van der Waals surface area contributed by atoms with E-state index < -0.39 is 0 Å². The normalized spacial score (nSPS) is 31.4. The lowest BCUT2D eigenvalue weighted by Crippen LogP contribution is -2.45. The molecule has 3 nitrogen and oxygen atoms in total. The summed E-state index contributed by atoms with van der Waals surface area (Å²) in [4.78, 5) is 14.3. The van der Waals surface area contributed by atoms with Crippen LogP contribution in [0.2, 0.25) is 0 Å². The van der Waals surface area contributed by atoms with Crippen molar-refractivity contribution < 1.29 is 4.79 Å². The fourth-order valence-corrected chi connectivity index (χ4v) is 3.50. The van der Waals surface area contributed by atoms with Crippen molar-refractivity contribution in [2.75, 3.05) is 24.7 Å². The molecule has 92 valence electrons. The van der Waals surface area contributed by atoms with Crippen LogP contribution in [0.4, 0.5) is 0 Å². The molecule has 2 rings (SSSR count). The molecule has 0 bridgehead atoms. The molecule has 2 saturated heterocycles. The third-order valence-corrected chi connectivity index (χ3v) is 4.69. The largest absolute Gasteiger partial charge is 0.341 e. The summed E-state index contributed by atoms with van der Waals surface area (Å²) in [5.74, 6) is 3.06. The molecule has 4 heteroatoms. The predicted molar refractivity (Wildman–Crippen MR) is 68.5 cm³/mol. The van der Waals surface area contributed by atoms with Crippen molar-refractivity contribution in [3.8, 4) is 0 Å². The molecule has 0 aromatic rings. The van der Waals surface area contributed by atoms with Crippen molar-refractivity contribution in [3.05, 3.63) is 0 Å². The maximum Gasteiger partial charge on any atom is 0.240 e. The first-order valence-electron chi connectivity index (χ1n) is 6.41. The standard InChI is InChI=1S/C12H22N2OS/c1-2-10-4-3-6-14(7-5-10)12(15)11-8-16-9-13-11/h10-11,13H,2-9H2,1H3. The Bertz CT molecular complexity index is 241. The molecule has 2 fully saturated rings. The van der Waals surface area contributed by atoms with E-state index in [2.05, 4.69) is 17.1 Å². The van der Waals surface area contributed by atoms with Gasteiger partial charge in [0.15, 0.2) is 0 Å². The van der Waals surface area contributed by atoms with Gasteiger partial charge in [0.25, 0.3) is 0 Å². The zero-order valence-electron chi connectivity index (χ0n) is 10.1. The summed E-state index contributed by atoms with van der Waals surface area (Å²) in [5, 5.41) is 3.27. The Morgan fingerprint density at radius 3 is 3.00 bits per heavy atom. The second-order valence-corrected chi connectivity index (χ2v) is 5.83. The highest BCUT2D eigenvalue weighted by atomic mass is 32.2. The number of carbonyl (C=O) groups is 1. The Labute approximate surface area is 102 Å². The van der Waals surface area contributed by atoms with Crippen molar-refractivity contribution in [2.45, 2.75) is 38.6 Å². The molecule has 2 aliphatic rings. The molecule has 0 aromatic heterocycles. The molecular formula is C12H22N2OS. The molecule has 1 N–H and O–H groups in total. The van der Waals surface area contributed by atoms with E-state index in [0.717, 1.165) is 30.6 Å². The fraction of sp³-hybridized carbons (Fsp3) is 0.917. The van der Waals surface area contributed by atoms with Crippen molar-refractivity contribution in [1.29, 1.82) is 0 Å². The molecule has 2 atom stereocenters. The van der Waals surface area contributed by atoms with E-state index in [4.69, 9.17) is 0 Å². The molecule has 2 aliphatic heterocycles. The van der Waals surface area contributed by atoms with Crippen LogP contribution >= 0.6 is 11.8 Å². The maximum absolute atomic E-state index is 12.2. The summed E-state index contributed by atoms with van der Waals surface area (Å²) >= 11 is 1.83. The van der Waals surface area contributed by atoms with E-state index in [1.807, 2.05) is 11.8 Å². The molecule has 0 radical (unpaired) electrons. The average molecular weight is 242 g/mol. The smallest absolute Gasteiger partial charge is 0.240 e. The van der Waals surface area contributed by atoms with Crippen molar-refractivity contribution in [3.63, 3.8) is 0 Å². The third-order valence-electron chi connectivity index (χ3n) is 3.75. The lowest BCUT2D eigenvalue weighted by molar-refractivity contribution is -0.132. The van der Waals surface area contributed by atoms with Gasteiger partial charge in [-0.3, -0.25) is 10.1 Å². The van der Waals surface area contributed by atoms with Crippen LogP contribution in [0, 0.1) is 5.92 Å². The Morgan fingerprint density at radius 2 is 2.31 bits per heavy atom. The van der Waals surface area contributed by atoms with Crippen LogP contribution in [0.5, 0.6) is 0 Å². The number of rotatable bonds is 2. The SMILES string of the molecule is CCC1CCCN(C(=O)C2CSCN2)CC1. The van der Waals surface area contributed by atoms with Crippen LogP contribution in [0.25, 0.3) is 0 Å². The first kappa shape index (κ1) is 12.2. The van der Waals surface area contributed by atoms with E-state index in [9.17, 15) is 4.79 Å². The predicted octanol–water partition coefficient (Wildman–Crippen LogP) is 1.69. The quantitative estimate of drug-likeness (QED) is 0.800. The molecule has 0 aliphatic carbocycles. The van der Waals surface area contributed by atoms with Gasteiger partial charge in [0.1, 0.15) is 0 Å². The number of hydrogen-bond donors (Lipinski definition) is 1. The highest BCUT2D eigenvalue weighted by Gasteiger charge is 2.28. The molecule has 0 spiro atoms. The van der Waals surface area contributed by atoms with Gasteiger partial charge in [-0.25, -0.2) is 0 Å². The fourth-order valence-electron chi connectivity index (χ4n) is 2.57. The zero-order chi connectivity index (χ0) is 11.4. The minimum Gasteiger partial charge on any atom is -0.341 e. The maximum atomic E-state index is 12.2. The molecule has 0 saturated carbocycles. The van der Waals surface area contributed by atoms with Gasteiger partial charge in [0.2, 0.25) is 5.91 Å². The monoisotopic (exact) mass is 242 g/mol. The van der Waals surface area contributed by atoms with E-state index in [1.54, 1.807) is 0 Å². The van der Waals surface area contributed by atoms with Gasteiger partial charge in [0.05, 0.1) is 6.04 Å². The molecule has 0 aromatic carbocycles. The van der Waals surface area contributed by atoms with Crippen LogP contribution in [0.15, 0.2) is 0 Å². The van der Waals surface area contributed by atoms with Crippen LogP contribution in [0.1, 0.15) is 32.6 Å². The first-order valence-corrected chi connectivity index (χ1v) is 7.56. The number of thioether (sulfide) groups is 1. The van der Waals surface area contributed by atoms with E-state index in [0.29, 0.717) is 5.91 Å². The lowest BCUT2D eigenvalue weighted by Gasteiger charge is -2.23.